The summed E-state index contributed by atoms with van der Waals surface area (Å²) in [6, 6.07) is 0.408. The highest BCUT2D eigenvalue weighted by molar-refractivity contribution is 5.82. The van der Waals surface area contributed by atoms with Crippen LogP contribution in [-0.2, 0) is 0 Å². The van der Waals surface area contributed by atoms with Gasteiger partial charge in [-0.15, -0.1) is 0 Å². The highest BCUT2D eigenvalue weighted by Gasteiger charge is 2.09. The third-order valence-electron chi connectivity index (χ3n) is 2.06. The average Bonchev–Trinajstić information content (AvgIpc) is 2.10. The fraction of sp³-hybridized carbons (Fsp3) is 0.917. The molecule has 0 N–H and O–H groups in total. The molecule has 0 rings (SSSR count). The van der Waals surface area contributed by atoms with Gasteiger partial charge in [0.25, 0.3) is 0 Å². The molecule has 0 aromatic heterocycles. The summed E-state index contributed by atoms with van der Waals surface area (Å²) in [5, 5.41) is 0. The summed E-state index contributed by atoms with van der Waals surface area (Å²) in [4.78, 5) is 7.06. The molecule has 0 atom stereocenters. The molecule has 2 heteroatoms. The van der Waals surface area contributed by atoms with Gasteiger partial charge in [0.05, 0.1) is 5.84 Å². The first-order valence-corrected chi connectivity index (χ1v) is 5.82. The monoisotopic (exact) mass is 198 g/mol. The van der Waals surface area contributed by atoms with Crippen LogP contribution in [0.15, 0.2) is 4.99 Å². The SMILES string of the molecule is CCC(=NC(C)C)N(CC)CC(C)C. The molecule has 0 spiro atoms. The summed E-state index contributed by atoms with van der Waals surface area (Å²) in [6.45, 7) is 15.4. The Morgan fingerprint density at radius 3 is 2.00 bits per heavy atom. The molecule has 0 aliphatic rings. The minimum Gasteiger partial charge on any atom is -0.360 e. The second-order valence-corrected chi connectivity index (χ2v) is 4.43. The predicted octanol–water partition coefficient (Wildman–Crippen LogP) is 3.18. The molecule has 84 valence electrons. The van der Waals surface area contributed by atoms with Gasteiger partial charge in [0.2, 0.25) is 0 Å². The van der Waals surface area contributed by atoms with E-state index in [1.54, 1.807) is 0 Å². The molecule has 0 unspecified atom stereocenters. The lowest BCUT2D eigenvalue weighted by atomic mass is 10.2. The maximum absolute atomic E-state index is 4.66. The minimum absolute atomic E-state index is 0.408. The smallest absolute Gasteiger partial charge is 0.0989 e. The van der Waals surface area contributed by atoms with Crippen LogP contribution in [0.5, 0.6) is 0 Å². The zero-order valence-corrected chi connectivity index (χ0v) is 10.7. The first kappa shape index (κ1) is 13.5. The molecule has 0 saturated carbocycles. The number of hydrogen-bond donors (Lipinski definition) is 0. The minimum atomic E-state index is 0.408. The summed E-state index contributed by atoms with van der Waals surface area (Å²) in [7, 11) is 0. The van der Waals surface area contributed by atoms with Crippen molar-refractivity contribution in [3.8, 4) is 0 Å². The van der Waals surface area contributed by atoms with E-state index in [0.717, 1.165) is 19.5 Å². The molecule has 0 aliphatic heterocycles. The highest BCUT2D eigenvalue weighted by atomic mass is 15.2. The molecule has 0 saturated heterocycles. The summed E-state index contributed by atoms with van der Waals surface area (Å²) in [5.41, 5.74) is 0. The van der Waals surface area contributed by atoms with Gasteiger partial charge in [0.15, 0.2) is 0 Å². The fourth-order valence-corrected chi connectivity index (χ4v) is 1.55. The number of hydrogen-bond acceptors (Lipinski definition) is 1. The van der Waals surface area contributed by atoms with E-state index in [0.29, 0.717) is 12.0 Å². The standard InChI is InChI=1S/C12H26N2/c1-7-12(13-11(5)6)14(8-2)9-10(3)4/h10-11H,7-9H2,1-6H3. The Balaban J connectivity index is 4.44. The Morgan fingerprint density at radius 1 is 1.14 bits per heavy atom. The quantitative estimate of drug-likeness (QED) is 0.489. The Labute approximate surface area is 89.4 Å². The Kier molecular flexibility index (Phi) is 6.60. The second-order valence-electron chi connectivity index (χ2n) is 4.43. The highest BCUT2D eigenvalue weighted by Crippen LogP contribution is 2.04. The maximum Gasteiger partial charge on any atom is 0.0989 e. The molecule has 0 fully saturated rings. The van der Waals surface area contributed by atoms with Crippen molar-refractivity contribution in [3.63, 3.8) is 0 Å². The zero-order chi connectivity index (χ0) is 11.1. The van der Waals surface area contributed by atoms with Crippen molar-refractivity contribution in [2.45, 2.75) is 54.0 Å². The zero-order valence-electron chi connectivity index (χ0n) is 10.7. The lowest BCUT2D eigenvalue weighted by molar-refractivity contribution is 0.373. The predicted molar refractivity (Wildman–Crippen MR) is 64.9 cm³/mol. The number of rotatable bonds is 5. The van der Waals surface area contributed by atoms with E-state index in [9.17, 15) is 0 Å². The van der Waals surface area contributed by atoms with Crippen molar-refractivity contribution >= 4 is 5.84 Å². The van der Waals surface area contributed by atoms with Gasteiger partial charge in [0.1, 0.15) is 0 Å². The molecule has 0 bridgehead atoms. The Bertz CT molecular complexity index is 171. The van der Waals surface area contributed by atoms with Crippen LogP contribution in [0.3, 0.4) is 0 Å². The Morgan fingerprint density at radius 2 is 1.71 bits per heavy atom. The first-order valence-electron chi connectivity index (χ1n) is 5.82. The molecule has 0 aromatic carbocycles. The van der Waals surface area contributed by atoms with Crippen LogP contribution in [0.1, 0.15) is 48.0 Å². The molecule has 0 amide bonds. The normalized spacial score (nSPS) is 12.7. The third-order valence-corrected chi connectivity index (χ3v) is 2.06. The van der Waals surface area contributed by atoms with Crippen LogP contribution in [0.4, 0.5) is 0 Å². The van der Waals surface area contributed by atoms with Crippen molar-refractivity contribution in [1.82, 2.24) is 4.90 Å². The molecular formula is C12H26N2. The van der Waals surface area contributed by atoms with Crippen molar-refractivity contribution in [2.24, 2.45) is 10.9 Å². The van der Waals surface area contributed by atoms with E-state index >= 15 is 0 Å². The largest absolute Gasteiger partial charge is 0.360 e. The van der Waals surface area contributed by atoms with Crippen molar-refractivity contribution < 1.29 is 0 Å². The molecule has 0 radical (unpaired) electrons. The fourth-order valence-electron chi connectivity index (χ4n) is 1.55. The van der Waals surface area contributed by atoms with Crippen LogP contribution in [0, 0.1) is 5.92 Å². The molecular weight excluding hydrogens is 172 g/mol. The number of nitrogens with zero attached hydrogens (tertiary/aromatic N) is 2. The van der Waals surface area contributed by atoms with E-state index < -0.39 is 0 Å². The van der Waals surface area contributed by atoms with E-state index in [1.807, 2.05) is 0 Å². The third kappa shape index (κ3) is 5.25. The second kappa shape index (κ2) is 6.86. The van der Waals surface area contributed by atoms with Crippen molar-refractivity contribution in [2.75, 3.05) is 13.1 Å². The molecule has 0 aromatic rings. The van der Waals surface area contributed by atoms with Crippen molar-refractivity contribution in [3.05, 3.63) is 0 Å². The summed E-state index contributed by atoms with van der Waals surface area (Å²) in [6.07, 6.45) is 1.04. The maximum atomic E-state index is 4.66. The van der Waals surface area contributed by atoms with E-state index in [-0.39, 0.29) is 0 Å². The van der Waals surface area contributed by atoms with Gasteiger partial charge in [-0.05, 0) is 26.7 Å². The van der Waals surface area contributed by atoms with Crippen molar-refractivity contribution in [1.29, 1.82) is 0 Å². The van der Waals surface area contributed by atoms with Crippen LogP contribution in [-0.4, -0.2) is 29.9 Å². The van der Waals surface area contributed by atoms with Crippen LogP contribution in [0.25, 0.3) is 0 Å². The lowest BCUT2D eigenvalue weighted by Crippen LogP contribution is -2.34. The summed E-state index contributed by atoms with van der Waals surface area (Å²) in [5.74, 6) is 1.97. The van der Waals surface area contributed by atoms with Crippen LogP contribution >= 0.6 is 0 Å². The molecule has 2 nitrogen and oxygen atoms in total. The summed E-state index contributed by atoms with van der Waals surface area (Å²) < 4.78 is 0. The lowest BCUT2D eigenvalue weighted by Gasteiger charge is -2.26. The summed E-state index contributed by atoms with van der Waals surface area (Å²) >= 11 is 0. The Hall–Kier alpha value is -0.530. The van der Waals surface area contributed by atoms with Gasteiger partial charge in [0, 0.05) is 25.6 Å². The van der Waals surface area contributed by atoms with Gasteiger partial charge in [-0.2, -0.15) is 0 Å². The number of amidine groups is 1. The first-order chi connectivity index (χ1) is 6.51. The van der Waals surface area contributed by atoms with Gasteiger partial charge in [-0.25, -0.2) is 0 Å². The van der Waals surface area contributed by atoms with Gasteiger partial charge < -0.3 is 4.90 Å². The van der Waals surface area contributed by atoms with Gasteiger partial charge in [-0.3, -0.25) is 4.99 Å². The topological polar surface area (TPSA) is 15.6 Å². The number of aliphatic imine (C=N–C) groups is 1. The van der Waals surface area contributed by atoms with Gasteiger partial charge in [-0.1, -0.05) is 20.8 Å². The van der Waals surface area contributed by atoms with E-state index in [1.165, 1.54) is 5.84 Å². The average molecular weight is 198 g/mol. The van der Waals surface area contributed by atoms with Gasteiger partial charge >= 0.3 is 0 Å². The molecule has 0 aliphatic carbocycles. The molecule has 0 heterocycles. The van der Waals surface area contributed by atoms with E-state index in [4.69, 9.17) is 0 Å². The van der Waals surface area contributed by atoms with Crippen LogP contribution < -0.4 is 0 Å². The molecule has 14 heavy (non-hydrogen) atoms. The van der Waals surface area contributed by atoms with E-state index in [2.05, 4.69) is 51.4 Å². The van der Waals surface area contributed by atoms with Crippen LogP contribution in [0.2, 0.25) is 0 Å².